The average molecular weight is 446 g/mol. The molecule has 4 rings (SSSR count). The molecule has 0 bridgehead atoms. The Kier molecular flexibility index (Phi) is 5.40. The quantitative estimate of drug-likeness (QED) is 0.586. The third-order valence-corrected chi connectivity index (χ3v) is 7.35. The monoisotopic (exact) mass is 445 g/mol. The Labute approximate surface area is 180 Å². The van der Waals surface area contributed by atoms with Crippen molar-refractivity contribution in [2.24, 2.45) is 5.92 Å². The normalized spacial score (nSPS) is 21.1. The fourth-order valence-corrected chi connectivity index (χ4v) is 5.15. The van der Waals surface area contributed by atoms with Gasteiger partial charge in [-0.2, -0.15) is 0 Å². The number of hydrogen-bond acceptors (Lipinski definition) is 7. The Hall–Kier alpha value is -3.05. The minimum atomic E-state index is -3.81. The number of aromatic nitrogens is 2. The summed E-state index contributed by atoms with van der Waals surface area (Å²) in [6, 6.07) is 6.33. The van der Waals surface area contributed by atoms with Gasteiger partial charge in [-0.05, 0) is 43.4 Å². The maximum absolute atomic E-state index is 13.0. The van der Waals surface area contributed by atoms with Crippen LogP contribution in [0.25, 0.3) is 0 Å². The number of carbonyl (C=O) groups is 2. The van der Waals surface area contributed by atoms with Crippen LogP contribution in [0, 0.1) is 12.8 Å². The van der Waals surface area contributed by atoms with E-state index < -0.39 is 33.3 Å². The van der Waals surface area contributed by atoms with Crippen LogP contribution in [0.1, 0.15) is 24.2 Å². The van der Waals surface area contributed by atoms with Gasteiger partial charge >= 0.3 is 6.03 Å². The van der Waals surface area contributed by atoms with Crippen molar-refractivity contribution < 1.29 is 22.7 Å². The van der Waals surface area contributed by atoms with E-state index >= 15 is 0 Å². The zero-order valence-corrected chi connectivity index (χ0v) is 18.0. The Bertz CT molecular complexity index is 1100. The molecule has 2 heterocycles. The summed E-state index contributed by atoms with van der Waals surface area (Å²) in [7, 11) is -2.36. The second kappa shape index (κ2) is 7.89. The summed E-state index contributed by atoms with van der Waals surface area (Å²) in [5, 5.41) is 4.73. The molecular formula is C20H23N5O5S. The Morgan fingerprint density at radius 2 is 1.77 bits per heavy atom. The minimum Gasteiger partial charge on any atom is -0.454 e. The number of hydrogen-bond donors (Lipinski definition) is 2. The molecule has 31 heavy (non-hydrogen) atoms. The number of rotatable bonds is 8. The van der Waals surface area contributed by atoms with Crippen LogP contribution in [-0.4, -0.2) is 53.0 Å². The summed E-state index contributed by atoms with van der Waals surface area (Å²) in [4.78, 5) is 32.1. The molecule has 164 valence electrons. The van der Waals surface area contributed by atoms with Crippen molar-refractivity contribution in [3.05, 3.63) is 48.0 Å². The van der Waals surface area contributed by atoms with Crippen LogP contribution in [0.4, 0.5) is 4.79 Å². The van der Waals surface area contributed by atoms with Crippen molar-refractivity contribution in [3.8, 4) is 11.5 Å². The van der Waals surface area contributed by atoms with Gasteiger partial charge < -0.3 is 10.1 Å². The van der Waals surface area contributed by atoms with Crippen LogP contribution in [0.3, 0.4) is 0 Å². The van der Waals surface area contributed by atoms with E-state index in [1.54, 1.807) is 43.6 Å². The SMILES string of the molecule is Cc1ncc(Oc2ccc(CN(C)S(=O)(=O)C[C@]3(C4CC4)NC(=O)NC3=O)cc2)cn1. The largest absolute Gasteiger partial charge is 0.454 e. The van der Waals surface area contributed by atoms with E-state index in [4.69, 9.17) is 4.74 Å². The van der Waals surface area contributed by atoms with Crippen LogP contribution < -0.4 is 15.4 Å². The Balaban J connectivity index is 1.42. The van der Waals surface area contributed by atoms with E-state index in [0.717, 1.165) is 5.56 Å². The van der Waals surface area contributed by atoms with Crippen molar-refractivity contribution in [1.82, 2.24) is 24.9 Å². The van der Waals surface area contributed by atoms with E-state index in [0.29, 0.717) is 30.2 Å². The number of carbonyl (C=O) groups excluding carboxylic acids is 2. The number of nitrogens with zero attached hydrogens (tertiary/aromatic N) is 3. The predicted octanol–water partition coefficient (Wildman–Crippen LogP) is 1.33. The lowest BCUT2D eigenvalue weighted by atomic mass is 9.96. The standard InChI is InChI=1S/C20H23N5O5S/c1-13-21-9-17(10-22-13)30-16-7-3-14(4-8-16)11-25(2)31(28,29)12-20(15-5-6-15)18(26)23-19(27)24-20/h3-4,7-10,15H,5-6,11-12H2,1-2H3,(H2,23,24,26,27)/t20-/m1/s1. The molecule has 0 unspecified atom stereocenters. The molecule has 0 radical (unpaired) electrons. The summed E-state index contributed by atoms with van der Waals surface area (Å²) in [5.74, 6) is 0.515. The number of benzene rings is 1. The molecule has 10 nitrogen and oxygen atoms in total. The maximum Gasteiger partial charge on any atom is 0.322 e. The van der Waals surface area contributed by atoms with Gasteiger partial charge in [-0.15, -0.1) is 0 Å². The second-order valence-corrected chi connectivity index (χ2v) is 9.95. The highest BCUT2D eigenvalue weighted by atomic mass is 32.2. The smallest absolute Gasteiger partial charge is 0.322 e. The lowest BCUT2D eigenvalue weighted by Gasteiger charge is -2.28. The number of amides is 3. The van der Waals surface area contributed by atoms with Gasteiger partial charge in [-0.25, -0.2) is 27.5 Å². The first-order valence-corrected chi connectivity index (χ1v) is 11.4. The molecule has 3 amide bonds. The van der Waals surface area contributed by atoms with Crippen LogP contribution in [0.15, 0.2) is 36.7 Å². The van der Waals surface area contributed by atoms with Gasteiger partial charge in [0.05, 0.1) is 18.1 Å². The van der Waals surface area contributed by atoms with Gasteiger partial charge in [0.2, 0.25) is 10.0 Å². The van der Waals surface area contributed by atoms with Crippen molar-refractivity contribution in [3.63, 3.8) is 0 Å². The van der Waals surface area contributed by atoms with Crippen LogP contribution in [0.5, 0.6) is 11.5 Å². The zero-order chi connectivity index (χ0) is 22.2. The van der Waals surface area contributed by atoms with Crippen molar-refractivity contribution in [2.75, 3.05) is 12.8 Å². The lowest BCUT2D eigenvalue weighted by molar-refractivity contribution is -0.123. The number of aryl methyl sites for hydroxylation is 1. The summed E-state index contributed by atoms with van der Waals surface area (Å²) in [6.07, 6.45) is 4.56. The summed E-state index contributed by atoms with van der Waals surface area (Å²) in [5.41, 5.74) is -0.642. The summed E-state index contributed by atoms with van der Waals surface area (Å²) in [6.45, 7) is 1.90. The van der Waals surface area contributed by atoms with E-state index in [1.165, 1.54) is 11.4 Å². The molecule has 1 saturated heterocycles. The zero-order valence-electron chi connectivity index (χ0n) is 17.2. The fraction of sp³-hybridized carbons (Fsp3) is 0.400. The molecule has 1 aromatic heterocycles. The Morgan fingerprint density at radius 3 is 2.32 bits per heavy atom. The second-order valence-electron chi connectivity index (χ2n) is 7.88. The number of ether oxygens (including phenoxy) is 1. The lowest BCUT2D eigenvalue weighted by Crippen LogP contribution is -2.56. The molecule has 2 aliphatic rings. The molecule has 1 saturated carbocycles. The molecule has 2 aromatic rings. The highest BCUT2D eigenvalue weighted by molar-refractivity contribution is 7.89. The van der Waals surface area contributed by atoms with Crippen LogP contribution >= 0.6 is 0 Å². The molecular weight excluding hydrogens is 422 g/mol. The van der Waals surface area contributed by atoms with Gasteiger partial charge in [-0.3, -0.25) is 10.1 Å². The van der Waals surface area contributed by atoms with Crippen molar-refractivity contribution in [2.45, 2.75) is 31.8 Å². The molecule has 2 N–H and O–H groups in total. The average Bonchev–Trinajstić information content (AvgIpc) is 3.52. The van der Waals surface area contributed by atoms with Crippen LogP contribution in [-0.2, 0) is 21.4 Å². The molecule has 1 aliphatic carbocycles. The molecule has 11 heteroatoms. The van der Waals surface area contributed by atoms with E-state index in [1.807, 2.05) is 0 Å². The highest BCUT2D eigenvalue weighted by Crippen LogP contribution is 2.42. The van der Waals surface area contributed by atoms with E-state index in [-0.39, 0.29) is 12.5 Å². The van der Waals surface area contributed by atoms with Gasteiger partial charge in [0.1, 0.15) is 17.1 Å². The Morgan fingerprint density at radius 1 is 1.13 bits per heavy atom. The van der Waals surface area contributed by atoms with Crippen LogP contribution in [0.2, 0.25) is 0 Å². The predicted molar refractivity (Wildman–Crippen MR) is 111 cm³/mol. The van der Waals surface area contributed by atoms with Crippen molar-refractivity contribution >= 4 is 22.0 Å². The molecule has 2 fully saturated rings. The van der Waals surface area contributed by atoms with Gasteiger partial charge in [0.25, 0.3) is 5.91 Å². The fourth-order valence-electron chi connectivity index (χ4n) is 3.57. The first-order valence-electron chi connectivity index (χ1n) is 9.81. The van der Waals surface area contributed by atoms with E-state index in [9.17, 15) is 18.0 Å². The summed E-state index contributed by atoms with van der Waals surface area (Å²) >= 11 is 0. The maximum atomic E-state index is 13.0. The van der Waals surface area contributed by atoms with Gasteiger partial charge in [0, 0.05) is 13.6 Å². The first kappa shape index (κ1) is 21.2. The number of sulfonamides is 1. The van der Waals surface area contributed by atoms with Gasteiger partial charge in [-0.1, -0.05) is 12.1 Å². The van der Waals surface area contributed by atoms with Gasteiger partial charge in [0.15, 0.2) is 5.75 Å². The molecule has 1 atom stereocenters. The topological polar surface area (TPSA) is 131 Å². The number of nitrogens with one attached hydrogen (secondary N) is 2. The number of imide groups is 1. The van der Waals surface area contributed by atoms with E-state index in [2.05, 4.69) is 20.6 Å². The third kappa shape index (κ3) is 4.52. The minimum absolute atomic E-state index is 0.118. The first-order chi connectivity index (χ1) is 14.7. The number of urea groups is 1. The molecule has 0 spiro atoms. The van der Waals surface area contributed by atoms with Crippen molar-refractivity contribution in [1.29, 1.82) is 0 Å². The molecule has 1 aliphatic heterocycles. The molecule has 1 aromatic carbocycles. The summed E-state index contributed by atoms with van der Waals surface area (Å²) < 4.78 is 32.8. The third-order valence-electron chi connectivity index (χ3n) is 5.45. The highest BCUT2D eigenvalue weighted by Gasteiger charge is 2.58.